The highest BCUT2D eigenvalue weighted by molar-refractivity contribution is 5.82. The van der Waals surface area contributed by atoms with E-state index in [0.29, 0.717) is 11.8 Å². The van der Waals surface area contributed by atoms with Gasteiger partial charge in [0.1, 0.15) is 5.84 Å². The van der Waals surface area contributed by atoms with Gasteiger partial charge in [-0.25, -0.2) is 0 Å². The highest BCUT2D eigenvalue weighted by Crippen LogP contribution is 2.16. The number of likely N-dealkylation sites (tertiary alicyclic amines) is 1. The number of ether oxygens (including phenoxy) is 1. The zero-order valence-corrected chi connectivity index (χ0v) is 11.6. The molecule has 0 amide bonds. The number of hydrogen-bond donors (Lipinski definition) is 2. The molecule has 1 heterocycles. The molecule has 0 bridgehead atoms. The van der Waals surface area contributed by atoms with Gasteiger partial charge < -0.3 is 20.6 Å². The van der Waals surface area contributed by atoms with Gasteiger partial charge in [-0.15, -0.1) is 0 Å². The van der Waals surface area contributed by atoms with E-state index < -0.39 is 0 Å². The molecule has 0 spiro atoms. The van der Waals surface area contributed by atoms with Crippen LogP contribution in [0.2, 0.25) is 0 Å². The Hall–Kier alpha value is -0.810. The van der Waals surface area contributed by atoms with E-state index in [1.54, 1.807) is 0 Å². The molecule has 106 valence electrons. The summed E-state index contributed by atoms with van der Waals surface area (Å²) in [6.45, 7) is 9.09. The molecular weight excluding hydrogens is 230 g/mol. The highest BCUT2D eigenvalue weighted by Gasteiger charge is 2.21. The second-order valence-corrected chi connectivity index (χ2v) is 5.44. The number of nitrogens with two attached hydrogens (primary N) is 1. The Kier molecular flexibility index (Phi) is 7.05. The van der Waals surface area contributed by atoms with Crippen molar-refractivity contribution in [3.05, 3.63) is 0 Å². The van der Waals surface area contributed by atoms with Gasteiger partial charge in [-0.3, -0.25) is 0 Å². The predicted molar refractivity (Wildman–Crippen MR) is 72.8 cm³/mol. The molecule has 0 aromatic heterocycles. The zero-order chi connectivity index (χ0) is 13.4. The largest absolute Gasteiger partial charge is 0.409 e. The van der Waals surface area contributed by atoms with E-state index in [9.17, 15) is 0 Å². The van der Waals surface area contributed by atoms with Crippen molar-refractivity contribution in [2.75, 3.05) is 32.8 Å². The van der Waals surface area contributed by atoms with Crippen molar-refractivity contribution < 1.29 is 9.94 Å². The molecular formula is C13H27N3O2. The van der Waals surface area contributed by atoms with E-state index in [1.165, 1.54) is 0 Å². The fourth-order valence-corrected chi connectivity index (χ4v) is 2.15. The molecule has 0 aromatic carbocycles. The molecule has 5 nitrogen and oxygen atoms in total. The van der Waals surface area contributed by atoms with Crippen LogP contribution in [0.3, 0.4) is 0 Å². The van der Waals surface area contributed by atoms with Crippen molar-refractivity contribution in [1.29, 1.82) is 0 Å². The SMILES string of the molecule is CC(C)CCOCCN1CCC(C(N)=NO)CC1. The monoisotopic (exact) mass is 257 g/mol. The molecule has 0 aromatic rings. The molecule has 0 aliphatic carbocycles. The predicted octanol–water partition coefficient (Wildman–Crippen LogP) is 1.51. The van der Waals surface area contributed by atoms with Crippen LogP contribution in [0, 0.1) is 11.8 Å². The van der Waals surface area contributed by atoms with Crippen LogP contribution >= 0.6 is 0 Å². The minimum absolute atomic E-state index is 0.244. The van der Waals surface area contributed by atoms with E-state index in [-0.39, 0.29) is 5.92 Å². The molecule has 1 saturated heterocycles. The van der Waals surface area contributed by atoms with Crippen LogP contribution in [0.25, 0.3) is 0 Å². The lowest BCUT2D eigenvalue weighted by atomic mass is 9.96. The standard InChI is InChI=1S/C13H27N3O2/c1-11(2)5-9-18-10-8-16-6-3-12(4-7-16)13(14)15-17/h11-12,17H,3-10H2,1-2H3,(H2,14,15). The first-order chi connectivity index (χ1) is 8.63. The number of piperidine rings is 1. The van der Waals surface area contributed by atoms with Crippen LogP contribution in [-0.2, 0) is 4.74 Å². The Morgan fingerprint density at radius 1 is 1.39 bits per heavy atom. The lowest BCUT2D eigenvalue weighted by molar-refractivity contribution is 0.0866. The molecule has 0 saturated carbocycles. The van der Waals surface area contributed by atoms with Crippen LogP contribution in [0.4, 0.5) is 0 Å². The average molecular weight is 257 g/mol. The maximum absolute atomic E-state index is 8.63. The summed E-state index contributed by atoms with van der Waals surface area (Å²) in [5.41, 5.74) is 5.62. The summed E-state index contributed by atoms with van der Waals surface area (Å²) < 4.78 is 5.61. The van der Waals surface area contributed by atoms with Gasteiger partial charge in [0.2, 0.25) is 0 Å². The van der Waals surface area contributed by atoms with Crippen molar-refractivity contribution in [1.82, 2.24) is 4.90 Å². The van der Waals surface area contributed by atoms with E-state index in [1.807, 2.05) is 0 Å². The third-order valence-electron chi connectivity index (χ3n) is 3.51. The minimum Gasteiger partial charge on any atom is -0.409 e. The fourth-order valence-electron chi connectivity index (χ4n) is 2.15. The molecule has 1 aliphatic heterocycles. The van der Waals surface area contributed by atoms with E-state index in [0.717, 1.165) is 52.1 Å². The summed E-state index contributed by atoms with van der Waals surface area (Å²) >= 11 is 0. The first-order valence-corrected chi connectivity index (χ1v) is 6.91. The quantitative estimate of drug-likeness (QED) is 0.238. The lowest BCUT2D eigenvalue weighted by Gasteiger charge is -2.31. The average Bonchev–Trinajstić information content (AvgIpc) is 2.38. The van der Waals surface area contributed by atoms with E-state index >= 15 is 0 Å². The third-order valence-corrected chi connectivity index (χ3v) is 3.51. The Labute approximate surface area is 110 Å². The van der Waals surface area contributed by atoms with Crippen LogP contribution in [0.1, 0.15) is 33.1 Å². The smallest absolute Gasteiger partial charge is 0.142 e. The number of oxime groups is 1. The Bertz CT molecular complexity index is 249. The molecule has 0 atom stereocenters. The van der Waals surface area contributed by atoms with Gasteiger partial charge in [-0.05, 0) is 38.3 Å². The van der Waals surface area contributed by atoms with Crippen molar-refractivity contribution in [2.45, 2.75) is 33.1 Å². The van der Waals surface area contributed by atoms with E-state index in [2.05, 4.69) is 23.9 Å². The summed E-state index contributed by atoms with van der Waals surface area (Å²) in [5.74, 6) is 1.33. The maximum atomic E-state index is 8.63. The van der Waals surface area contributed by atoms with Gasteiger partial charge in [-0.1, -0.05) is 19.0 Å². The van der Waals surface area contributed by atoms with Gasteiger partial charge in [0.15, 0.2) is 0 Å². The molecule has 1 aliphatic rings. The van der Waals surface area contributed by atoms with Crippen LogP contribution < -0.4 is 5.73 Å². The summed E-state index contributed by atoms with van der Waals surface area (Å²) in [7, 11) is 0. The van der Waals surface area contributed by atoms with Crippen LogP contribution in [0.5, 0.6) is 0 Å². The van der Waals surface area contributed by atoms with Crippen molar-refractivity contribution in [2.24, 2.45) is 22.7 Å². The van der Waals surface area contributed by atoms with Crippen molar-refractivity contribution in [3.8, 4) is 0 Å². The summed E-state index contributed by atoms with van der Waals surface area (Å²) in [6.07, 6.45) is 3.08. The lowest BCUT2D eigenvalue weighted by Crippen LogP contribution is -2.40. The highest BCUT2D eigenvalue weighted by atomic mass is 16.5. The van der Waals surface area contributed by atoms with E-state index in [4.69, 9.17) is 15.7 Å². The molecule has 0 unspecified atom stereocenters. The number of nitrogens with zero attached hydrogens (tertiary/aromatic N) is 2. The first-order valence-electron chi connectivity index (χ1n) is 6.91. The fraction of sp³-hybridized carbons (Fsp3) is 0.923. The second kappa shape index (κ2) is 8.32. The summed E-state index contributed by atoms with van der Waals surface area (Å²) in [6, 6.07) is 0. The Morgan fingerprint density at radius 3 is 2.61 bits per heavy atom. The summed E-state index contributed by atoms with van der Waals surface area (Å²) in [4.78, 5) is 2.39. The Morgan fingerprint density at radius 2 is 2.06 bits per heavy atom. The second-order valence-electron chi connectivity index (χ2n) is 5.44. The van der Waals surface area contributed by atoms with Gasteiger partial charge in [-0.2, -0.15) is 0 Å². The molecule has 3 N–H and O–H groups in total. The number of rotatable bonds is 7. The zero-order valence-electron chi connectivity index (χ0n) is 11.6. The normalized spacial score (nSPS) is 19.6. The molecule has 1 rings (SSSR count). The topological polar surface area (TPSA) is 71.1 Å². The van der Waals surface area contributed by atoms with Crippen LogP contribution in [-0.4, -0.2) is 48.8 Å². The Balaban J connectivity index is 2.05. The van der Waals surface area contributed by atoms with Gasteiger partial charge in [0.25, 0.3) is 0 Å². The third kappa shape index (κ3) is 5.69. The van der Waals surface area contributed by atoms with Crippen LogP contribution in [0.15, 0.2) is 5.16 Å². The van der Waals surface area contributed by atoms with Crippen molar-refractivity contribution in [3.63, 3.8) is 0 Å². The van der Waals surface area contributed by atoms with Gasteiger partial charge in [0.05, 0.1) is 6.61 Å². The minimum atomic E-state index is 0.244. The summed E-state index contributed by atoms with van der Waals surface area (Å²) in [5, 5.41) is 11.7. The van der Waals surface area contributed by atoms with Gasteiger partial charge >= 0.3 is 0 Å². The molecule has 18 heavy (non-hydrogen) atoms. The van der Waals surface area contributed by atoms with Crippen molar-refractivity contribution >= 4 is 5.84 Å². The first kappa shape index (κ1) is 15.2. The molecule has 0 radical (unpaired) electrons. The molecule has 1 fully saturated rings. The number of hydrogen-bond acceptors (Lipinski definition) is 4. The van der Waals surface area contributed by atoms with Gasteiger partial charge in [0, 0.05) is 19.1 Å². The number of amidine groups is 1. The maximum Gasteiger partial charge on any atom is 0.142 e. The molecule has 5 heteroatoms.